The van der Waals surface area contributed by atoms with Gasteiger partial charge in [0.2, 0.25) is 23.0 Å². The van der Waals surface area contributed by atoms with Crippen LogP contribution in [-0.4, -0.2) is 55.3 Å². The lowest BCUT2D eigenvalue weighted by atomic mass is 9.95. The number of carbonyl (C=O) groups is 2. The van der Waals surface area contributed by atoms with Gasteiger partial charge in [-0.15, -0.1) is 0 Å². The maximum Gasteiger partial charge on any atom is 0.242 e. The third kappa shape index (κ3) is 6.29. The fourth-order valence-corrected chi connectivity index (χ4v) is 6.00. The summed E-state index contributed by atoms with van der Waals surface area (Å²) in [4.78, 5) is 43.5. The van der Waals surface area contributed by atoms with Crippen molar-refractivity contribution in [3.05, 3.63) is 75.7 Å². The molecular formula is C34H39N5O6. The molecule has 0 radical (unpaired) electrons. The minimum Gasteiger partial charge on any atom is -0.493 e. The maximum absolute atomic E-state index is 13.6. The lowest BCUT2D eigenvalue weighted by Crippen LogP contribution is -2.39. The number of fused-ring (bicyclic) bond motifs is 4. The van der Waals surface area contributed by atoms with Crippen molar-refractivity contribution in [3.63, 3.8) is 0 Å². The molecule has 1 heterocycles. The SMILES string of the molecule is COc1cc2c(c(OC)c1OC)-c1ccc(N[C@@H](C)C(=O)NCCc3nc4ccccc4n3C)c(=O)cc1[C@H](NC(C)=O)CC2. The molecule has 4 aromatic rings. The molecule has 0 unspecified atom stereocenters. The van der Waals surface area contributed by atoms with E-state index in [1.54, 1.807) is 27.2 Å². The van der Waals surface area contributed by atoms with Crippen LogP contribution in [0.1, 0.15) is 43.3 Å². The van der Waals surface area contributed by atoms with Crippen LogP contribution in [0.3, 0.4) is 0 Å². The molecule has 3 aromatic carbocycles. The Morgan fingerprint density at radius 3 is 2.49 bits per heavy atom. The van der Waals surface area contributed by atoms with Crippen molar-refractivity contribution < 1.29 is 23.8 Å². The third-order valence-electron chi connectivity index (χ3n) is 8.21. The number of nitrogens with zero attached hydrogens (tertiary/aromatic N) is 2. The smallest absolute Gasteiger partial charge is 0.242 e. The van der Waals surface area contributed by atoms with Crippen LogP contribution in [0, 0.1) is 0 Å². The number of amides is 2. The van der Waals surface area contributed by atoms with Crippen molar-refractivity contribution in [1.29, 1.82) is 0 Å². The lowest BCUT2D eigenvalue weighted by Gasteiger charge is -2.19. The quantitative estimate of drug-likeness (QED) is 0.245. The molecule has 1 aliphatic rings. The first kappa shape index (κ1) is 31.4. The molecular weight excluding hydrogens is 574 g/mol. The molecule has 3 N–H and O–H groups in total. The zero-order valence-corrected chi connectivity index (χ0v) is 26.4. The number of methoxy groups -OCH3 is 3. The average molecular weight is 614 g/mol. The minimum atomic E-state index is -0.697. The van der Waals surface area contributed by atoms with E-state index >= 15 is 0 Å². The summed E-state index contributed by atoms with van der Waals surface area (Å²) in [6, 6.07) is 13.7. The van der Waals surface area contributed by atoms with Crippen LogP contribution in [0.15, 0.2) is 53.3 Å². The van der Waals surface area contributed by atoms with E-state index in [0.29, 0.717) is 54.2 Å². The summed E-state index contributed by atoms with van der Waals surface area (Å²) in [5, 5.41) is 9.04. The highest BCUT2D eigenvalue weighted by Gasteiger charge is 2.29. The zero-order chi connectivity index (χ0) is 32.2. The summed E-state index contributed by atoms with van der Waals surface area (Å²) in [5.74, 6) is 1.84. The summed E-state index contributed by atoms with van der Waals surface area (Å²) in [6.45, 7) is 3.55. The number of anilines is 1. The Bertz CT molecular complexity index is 1820. The Hall–Kier alpha value is -5.06. The van der Waals surface area contributed by atoms with Crippen molar-refractivity contribution >= 4 is 28.5 Å². The number of hydrogen-bond donors (Lipinski definition) is 3. The molecule has 2 atom stereocenters. The average Bonchev–Trinajstić information content (AvgIpc) is 3.16. The fourth-order valence-electron chi connectivity index (χ4n) is 6.00. The second-order valence-corrected chi connectivity index (χ2v) is 11.1. The molecule has 1 aliphatic carbocycles. The van der Waals surface area contributed by atoms with Gasteiger partial charge in [-0.3, -0.25) is 14.4 Å². The van der Waals surface area contributed by atoms with Crippen LogP contribution in [0.5, 0.6) is 17.2 Å². The molecule has 0 saturated carbocycles. The monoisotopic (exact) mass is 613 g/mol. The van der Waals surface area contributed by atoms with Gasteiger partial charge in [0.25, 0.3) is 0 Å². The van der Waals surface area contributed by atoms with Crippen LogP contribution >= 0.6 is 0 Å². The molecule has 0 fully saturated rings. The van der Waals surface area contributed by atoms with Gasteiger partial charge in [-0.25, -0.2) is 4.98 Å². The van der Waals surface area contributed by atoms with Gasteiger partial charge in [-0.05, 0) is 66.8 Å². The standard InChI is InChI=1S/C34H39N5O6/c1-19(34(42)35-16-15-30-38-25-9-7-8-10-27(25)39(30)3)36-26-14-12-22-23(18-28(26)41)24(37-20(2)40)13-11-21-17-29(43-4)32(44-5)33(45-6)31(21)22/h7-10,12,14,17-19,24H,11,13,15-16H2,1-6H3,(H,35,42)(H,36,41)(H,37,40)/t19-,24+/m0/s1. The molecule has 11 heteroatoms. The Morgan fingerprint density at radius 1 is 1.04 bits per heavy atom. The van der Waals surface area contributed by atoms with Crippen molar-refractivity contribution in [2.75, 3.05) is 33.2 Å². The summed E-state index contributed by atoms with van der Waals surface area (Å²) in [5.41, 5.74) is 4.93. The number of aryl methyl sites for hydroxylation is 2. The number of ether oxygens (including phenoxy) is 3. The van der Waals surface area contributed by atoms with Crippen LogP contribution in [-0.2, 0) is 29.5 Å². The number of carbonyl (C=O) groups excluding carboxylic acids is 2. The predicted molar refractivity (Wildman–Crippen MR) is 173 cm³/mol. The van der Waals surface area contributed by atoms with E-state index in [1.165, 1.54) is 20.1 Å². The Labute approximate surface area is 261 Å². The van der Waals surface area contributed by atoms with Crippen molar-refractivity contribution in [2.45, 2.75) is 45.2 Å². The fraction of sp³-hybridized carbons (Fsp3) is 0.353. The molecule has 45 heavy (non-hydrogen) atoms. The normalized spacial score (nSPS) is 14.4. The number of hydrogen-bond acceptors (Lipinski definition) is 8. The molecule has 0 spiro atoms. The van der Waals surface area contributed by atoms with Gasteiger partial charge in [0.05, 0.1) is 44.1 Å². The van der Waals surface area contributed by atoms with Gasteiger partial charge in [0, 0.05) is 32.5 Å². The van der Waals surface area contributed by atoms with E-state index < -0.39 is 12.1 Å². The van der Waals surface area contributed by atoms with Crippen LogP contribution in [0.4, 0.5) is 5.69 Å². The van der Waals surface area contributed by atoms with Gasteiger partial charge in [0.1, 0.15) is 11.9 Å². The maximum atomic E-state index is 13.6. The highest BCUT2D eigenvalue weighted by molar-refractivity contribution is 5.86. The Kier molecular flexibility index (Phi) is 9.26. The van der Waals surface area contributed by atoms with Crippen LogP contribution in [0.2, 0.25) is 0 Å². The molecule has 1 aromatic heterocycles. The molecule has 0 aliphatic heterocycles. The minimum absolute atomic E-state index is 0.208. The highest BCUT2D eigenvalue weighted by atomic mass is 16.5. The first-order chi connectivity index (χ1) is 21.7. The Morgan fingerprint density at radius 2 is 1.80 bits per heavy atom. The van der Waals surface area contributed by atoms with Gasteiger partial charge in [-0.1, -0.05) is 18.2 Å². The van der Waals surface area contributed by atoms with E-state index in [9.17, 15) is 14.4 Å². The first-order valence-corrected chi connectivity index (χ1v) is 14.9. The molecule has 236 valence electrons. The number of benzene rings is 2. The molecule has 2 amide bonds. The third-order valence-corrected chi connectivity index (χ3v) is 8.21. The highest BCUT2D eigenvalue weighted by Crippen LogP contribution is 2.50. The summed E-state index contributed by atoms with van der Waals surface area (Å²) in [6.07, 6.45) is 1.71. The topological polar surface area (TPSA) is 133 Å². The van der Waals surface area contributed by atoms with Crippen molar-refractivity contribution in [1.82, 2.24) is 20.2 Å². The van der Waals surface area contributed by atoms with Crippen molar-refractivity contribution in [2.24, 2.45) is 7.05 Å². The second kappa shape index (κ2) is 13.3. The number of rotatable bonds is 10. The molecule has 5 rings (SSSR count). The lowest BCUT2D eigenvalue weighted by molar-refractivity contribution is -0.121. The zero-order valence-electron chi connectivity index (χ0n) is 26.4. The van der Waals surface area contributed by atoms with Gasteiger partial charge in [0.15, 0.2) is 11.5 Å². The number of para-hydroxylation sites is 2. The number of imidazole rings is 1. The van der Waals surface area contributed by atoms with Gasteiger partial charge in [-0.2, -0.15) is 0 Å². The van der Waals surface area contributed by atoms with Gasteiger partial charge < -0.3 is 34.7 Å². The molecule has 0 saturated heterocycles. The van der Waals surface area contributed by atoms with Gasteiger partial charge >= 0.3 is 0 Å². The van der Waals surface area contributed by atoms with E-state index in [-0.39, 0.29) is 22.9 Å². The van der Waals surface area contributed by atoms with E-state index in [4.69, 9.17) is 14.2 Å². The Balaban J connectivity index is 1.43. The van der Waals surface area contributed by atoms with E-state index in [0.717, 1.165) is 28.0 Å². The first-order valence-electron chi connectivity index (χ1n) is 14.9. The van der Waals surface area contributed by atoms with Crippen LogP contribution in [0.25, 0.3) is 22.2 Å². The predicted octanol–water partition coefficient (Wildman–Crippen LogP) is 3.91. The largest absolute Gasteiger partial charge is 0.493 e. The number of aromatic nitrogens is 2. The summed E-state index contributed by atoms with van der Waals surface area (Å²) in [7, 11) is 6.62. The number of nitrogens with one attached hydrogen (secondary N) is 3. The van der Waals surface area contributed by atoms with Crippen LogP contribution < -0.4 is 35.6 Å². The summed E-state index contributed by atoms with van der Waals surface area (Å²) < 4.78 is 19.1. The van der Waals surface area contributed by atoms with Crippen molar-refractivity contribution in [3.8, 4) is 28.4 Å². The molecule has 11 nitrogen and oxygen atoms in total. The molecule has 0 bridgehead atoms. The van der Waals surface area contributed by atoms with E-state index in [1.807, 2.05) is 48.0 Å². The summed E-state index contributed by atoms with van der Waals surface area (Å²) >= 11 is 0. The van der Waals surface area contributed by atoms with E-state index in [2.05, 4.69) is 20.9 Å². The second-order valence-electron chi connectivity index (χ2n) is 11.1.